The number of halogens is 1. The minimum atomic E-state index is -0.248. The smallest absolute Gasteiger partial charge is 0.226 e. The molecule has 1 aromatic heterocycles. The van der Waals surface area contributed by atoms with Gasteiger partial charge >= 0.3 is 0 Å². The molecular weight excluding hydrogens is 366 g/mol. The van der Waals surface area contributed by atoms with Crippen molar-refractivity contribution >= 4 is 23.3 Å². The van der Waals surface area contributed by atoms with E-state index in [0.717, 1.165) is 16.9 Å². The maximum atomic E-state index is 12.5. The monoisotopic (exact) mass is 383 g/mol. The van der Waals surface area contributed by atoms with Crippen molar-refractivity contribution in [3.63, 3.8) is 0 Å². The van der Waals surface area contributed by atoms with E-state index in [4.69, 9.17) is 21.1 Å². The summed E-state index contributed by atoms with van der Waals surface area (Å²) in [4.78, 5) is 17.1. The van der Waals surface area contributed by atoms with Gasteiger partial charge in [0.25, 0.3) is 0 Å². The van der Waals surface area contributed by atoms with Gasteiger partial charge in [-0.05, 0) is 30.3 Å². The molecule has 4 rings (SSSR count). The zero-order valence-electron chi connectivity index (χ0n) is 14.9. The van der Waals surface area contributed by atoms with E-state index in [9.17, 15) is 4.79 Å². The molecule has 1 aliphatic rings. The standard InChI is InChI=1S/C20H18ClN3O3/c1-26-12-7-8-17(27-2)13(9-12)14-10-18(25)23-20-19(14)22-11-24(20)16-6-4-3-5-15(16)21/h3-9,11,14H,10H2,1-2H3,(H,23,25)/t14-/m1/s1. The molecule has 1 amide bonds. The van der Waals surface area contributed by atoms with E-state index in [1.807, 2.05) is 36.4 Å². The molecular formula is C20H18ClN3O3. The highest BCUT2D eigenvalue weighted by Crippen LogP contribution is 2.42. The molecule has 0 saturated carbocycles. The van der Waals surface area contributed by atoms with Crippen molar-refractivity contribution in [1.82, 2.24) is 9.55 Å². The van der Waals surface area contributed by atoms with Crippen molar-refractivity contribution in [3.05, 3.63) is 65.1 Å². The van der Waals surface area contributed by atoms with Crippen molar-refractivity contribution in [2.45, 2.75) is 12.3 Å². The molecule has 6 nitrogen and oxygen atoms in total. The maximum Gasteiger partial charge on any atom is 0.226 e. The van der Waals surface area contributed by atoms with Gasteiger partial charge in [0.2, 0.25) is 5.91 Å². The van der Waals surface area contributed by atoms with Gasteiger partial charge in [-0.2, -0.15) is 0 Å². The van der Waals surface area contributed by atoms with Crippen LogP contribution < -0.4 is 14.8 Å². The molecule has 2 aromatic carbocycles. The molecule has 0 aliphatic carbocycles. The Labute approximate surface area is 161 Å². The van der Waals surface area contributed by atoms with Gasteiger partial charge in [0.1, 0.15) is 23.6 Å². The van der Waals surface area contributed by atoms with Crippen molar-refractivity contribution in [1.29, 1.82) is 0 Å². The SMILES string of the molecule is COc1ccc(OC)c([C@H]2CC(=O)Nc3c2ncn3-c2ccccc2Cl)c1. The number of para-hydroxylation sites is 1. The van der Waals surface area contributed by atoms with Gasteiger partial charge < -0.3 is 14.8 Å². The van der Waals surface area contributed by atoms with Gasteiger partial charge in [0.15, 0.2) is 0 Å². The zero-order chi connectivity index (χ0) is 19.0. The molecule has 0 spiro atoms. The number of ether oxygens (including phenoxy) is 2. The van der Waals surface area contributed by atoms with Gasteiger partial charge in [0.05, 0.1) is 30.6 Å². The van der Waals surface area contributed by atoms with E-state index in [-0.39, 0.29) is 18.2 Å². The Hall–Kier alpha value is -2.99. The van der Waals surface area contributed by atoms with Crippen molar-refractivity contribution in [2.24, 2.45) is 0 Å². The van der Waals surface area contributed by atoms with Crippen LogP contribution in [-0.2, 0) is 4.79 Å². The third-order valence-corrected chi connectivity index (χ3v) is 5.02. The van der Waals surface area contributed by atoms with Gasteiger partial charge in [-0.25, -0.2) is 4.98 Å². The molecule has 0 radical (unpaired) electrons. The van der Waals surface area contributed by atoms with Crippen molar-refractivity contribution in [3.8, 4) is 17.2 Å². The Morgan fingerprint density at radius 3 is 2.74 bits per heavy atom. The average molecular weight is 384 g/mol. The van der Waals surface area contributed by atoms with Crippen LogP contribution in [0.3, 0.4) is 0 Å². The Balaban J connectivity index is 1.86. The summed E-state index contributed by atoms with van der Waals surface area (Å²) >= 11 is 6.34. The van der Waals surface area contributed by atoms with E-state index in [1.165, 1.54) is 0 Å². The summed E-state index contributed by atoms with van der Waals surface area (Å²) in [7, 11) is 3.22. The molecule has 1 atom stereocenters. The Bertz CT molecular complexity index is 1020. The summed E-state index contributed by atoms with van der Waals surface area (Å²) in [5.41, 5.74) is 2.38. The topological polar surface area (TPSA) is 65.4 Å². The first-order chi connectivity index (χ1) is 13.1. The first kappa shape index (κ1) is 17.4. The van der Waals surface area contributed by atoms with Gasteiger partial charge in [-0.3, -0.25) is 9.36 Å². The van der Waals surface area contributed by atoms with E-state index in [2.05, 4.69) is 10.3 Å². The third-order valence-electron chi connectivity index (χ3n) is 4.70. The van der Waals surface area contributed by atoms with Crippen LogP contribution in [0.2, 0.25) is 5.02 Å². The minimum Gasteiger partial charge on any atom is -0.497 e. The molecule has 1 N–H and O–H groups in total. The lowest BCUT2D eigenvalue weighted by molar-refractivity contribution is -0.116. The first-order valence-electron chi connectivity index (χ1n) is 8.46. The molecule has 0 unspecified atom stereocenters. The van der Waals surface area contributed by atoms with E-state index in [0.29, 0.717) is 22.3 Å². The van der Waals surface area contributed by atoms with Gasteiger partial charge in [-0.1, -0.05) is 23.7 Å². The molecule has 3 aromatic rings. The molecule has 0 fully saturated rings. The molecule has 2 heterocycles. The minimum absolute atomic E-state index is 0.0915. The van der Waals surface area contributed by atoms with Crippen LogP contribution in [0.4, 0.5) is 5.82 Å². The van der Waals surface area contributed by atoms with E-state index in [1.54, 1.807) is 31.2 Å². The van der Waals surface area contributed by atoms with Gasteiger partial charge in [0, 0.05) is 17.9 Å². The van der Waals surface area contributed by atoms with Crippen LogP contribution >= 0.6 is 11.6 Å². The number of hydrogen-bond acceptors (Lipinski definition) is 4. The molecule has 0 bridgehead atoms. The number of imidazole rings is 1. The highest BCUT2D eigenvalue weighted by molar-refractivity contribution is 6.32. The lowest BCUT2D eigenvalue weighted by Gasteiger charge is -2.25. The lowest BCUT2D eigenvalue weighted by atomic mass is 9.89. The maximum absolute atomic E-state index is 12.5. The third kappa shape index (κ3) is 3.02. The van der Waals surface area contributed by atoms with Crippen LogP contribution in [0, 0.1) is 0 Å². The largest absolute Gasteiger partial charge is 0.497 e. The number of nitrogens with zero attached hydrogens (tertiary/aromatic N) is 2. The zero-order valence-corrected chi connectivity index (χ0v) is 15.7. The fourth-order valence-corrected chi connectivity index (χ4v) is 3.63. The fourth-order valence-electron chi connectivity index (χ4n) is 3.41. The fraction of sp³-hybridized carbons (Fsp3) is 0.200. The number of rotatable bonds is 4. The number of methoxy groups -OCH3 is 2. The molecule has 1 aliphatic heterocycles. The van der Waals surface area contributed by atoms with Crippen LogP contribution in [-0.4, -0.2) is 29.7 Å². The summed E-state index contributed by atoms with van der Waals surface area (Å²) in [6.45, 7) is 0. The number of carbonyl (C=O) groups excluding carboxylic acids is 1. The Morgan fingerprint density at radius 1 is 1.19 bits per heavy atom. The number of amides is 1. The Morgan fingerprint density at radius 2 is 2.00 bits per heavy atom. The Kier molecular flexibility index (Phi) is 4.49. The number of anilines is 1. The predicted molar refractivity (Wildman–Crippen MR) is 103 cm³/mol. The van der Waals surface area contributed by atoms with E-state index < -0.39 is 0 Å². The second-order valence-electron chi connectivity index (χ2n) is 6.21. The summed E-state index contributed by atoms with van der Waals surface area (Å²) in [6.07, 6.45) is 1.95. The number of carbonyl (C=O) groups is 1. The summed E-state index contributed by atoms with van der Waals surface area (Å²) in [5.74, 6) is 1.67. The number of benzene rings is 2. The lowest BCUT2D eigenvalue weighted by Crippen LogP contribution is -2.25. The van der Waals surface area contributed by atoms with Crippen LogP contribution in [0.1, 0.15) is 23.6 Å². The average Bonchev–Trinajstić information content (AvgIpc) is 3.10. The number of fused-ring (bicyclic) bond motifs is 1. The van der Waals surface area contributed by atoms with Crippen molar-refractivity contribution < 1.29 is 14.3 Å². The first-order valence-corrected chi connectivity index (χ1v) is 8.84. The summed E-state index contributed by atoms with van der Waals surface area (Å²) in [6, 6.07) is 13.0. The molecule has 7 heteroatoms. The second kappa shape index (κ2) is 6.96. The number of nitrogens with one attached hydrogen (secondary N) is 1. The molecule has 138 valence electrons. The second-order valence-corrected chi connectivity index (χ2v) is 6.62. The van der Waals surface area contributed by atoms with Crippen LogP contribution in [0.5, 0.6) is 11.5 Å². The summed E-state index contributed by atoms with van der Waals surface area (Å²) in [5, 5.41) is 3.51. The van der Waals surface area contributed by atoms with Crippen molar-refractivity contribution in [2.75, 3.05) is 19.5 Å². The number of hydrogen-bond donors (Lipinski definition) is 1. The van der Waals surface area contributed by atoms with Crippen LogP contribution in [0.25, 0.3) is 5.69 Å². The normalized spacial score (nSPS) is 15.8. The van der Waals surface area contributed by atoms with Crippen LogP contribution in [0.15, 0.2) is 48.8 Å². The highest BCUT2D eigenvalue weighted by Gasteiger charge is 2.33. The van der Waals surface area contributed by atoms with E-state index >= 15 is 0 Å². The summed E-state index contributed by atoms with van der Waals surface area (Å²) < 4.78 is 12.7. The quantitative estimate of drug-likeness (QED) is 0.739. The molecule has 27 heavy (non-hydrogen) atoms. The highest BCUT2D eigenvalue weighted by atomic mass is 35.5. The molecule has 0 saturated heterocycles. The number of aromatic nitrogens is 2. The predicted octanol–water partition coefficient (Wildman–Crippen LogP) is 4.02. The van der Waals surface area contributed by atoms with Gasteiger partial charge in [-0.15, -0.1) is 0 Å².